The third-order valence-corrected chi connectivity index (χ3v) is 6.68. The maximum Gasteiger partial charge on any atom is 0.148 e. The van der Waals surface area contributed by atoms with Gasteiger partial charge in [-0.25, -0.2) is 0 Å². The van der Waals surface area contributed by atoms with Crippen LogP contribution in [0.2, 0.25) is 0 Å². The number of fused-ring (bicyclic) bond motifs is 1. The molecule has 1 saturated carbocycles. The zero-order valence-electron chi connectivity index (χ0n) is 19.0. The molecule has 4 heteroatoms. The Kier molecular flexibility index (Phi) is 6.16. The molecule has 33 heavy (non-hydrogen) atoms. The number of benzene rings is 3. The van der Waals surface area contributed by atoms with Gasteiger partial charge >= 0.3 is 0 Å². The van der Waals surface area contributed by atoms with Crippen LogP contribution < -0.4 is 14.4 Å². The molecule has 1 aliphatic carbocycles. The summed E-state index contributed by atoms with van der Waals surface area (Å²) in [5, 5.41) is 0. The molecule has 0 unspecified atom stereocenters. The molecular weight excluding hydrogens is 410 g/mol. The fraction of sp³-hybridized carbons (Fsp3) is 0.276. The maximum absolute atomic E-state index is 12.3. The van der Waals surface area contributed by atoms with Crippen molar-refractivity contribution in [1.82, 2.24) is 0 Å². The van der Waals surface area contributed by atoms with Crippen molar-refractivity contribution >= 4 is 17.5 Å². The van der Waals surface area contributed by atoms with Gasteiger partial charge in [0.15, 0.2) is 0 Å². The summed E-state index contributed by atoms with van der Waals surface area (Å²) in [5.74, 6) is 2.38. The van der Waals surface area contributed by atoms with Crippen LogP contribution in [0, 0.1) is 5.92 Å². The topological polar surface area (TPSA) is 38.8 Å². The van der Waals surface area contributed by atoms with Crippen molar-refractivity contribution in [1.29, 1.82) is 0 Å². The zero-order valence-corrected chi connectivity index (χ0v) is 19.0. The lowest BCUT2D eigenvalue weighted by Crippen LogP contribution is -2.30. The minimum absolute atomic E-state index is 0.556. The quantitative estimate of drug-likeness (QED) is 0.410. The van der Waals surface area contributed by atoms with Crippen LogP contribution in [0.3, 0.4) is 0 Å². The summed E-state index contributed by atoms with van der Waals surface area (Å²) in [5.41, 5.74) is 6.15. The van der Waals surface area contributed by atoms with E-state index in [1.807, 2.05) is 36.4 Å². The highest BCUT2D eigenvalue weighted by molar-refractivity contribution is 6.00. The Labute approximate surface area is 195 Å². The van der Waals surface area contributed by atoms with Gasteiger partial charge in [-0.2, -0.15) is 0 Å². The Balaban J connectivity index is 1.47. The molecule has 0 N–H and O–H groups in total. The molecule has 3 aromatic rings. The second-order valence-electron chi connectivity index (χ2n) is 8.88. The number of aldehydes is 1. The highest BCUT2D eigenvalue weighted by atomic mass is 16.5. The number of hydrogen-bond donors (Lipinski definition) is 0. The van der Waals surface area contributed by atoms with E-state index in [2.05, 4.69) is 41.3 Å². The summed E-state index contributed by atoms with van der Waals surface area (Å²) >= 11 is 0. The second-order valence-corrected chi connectivity index (χ2v) is 8.88. The summed E-state index contributed by atoms with van der Waals surface area (Å²) < 4.78 is 11.5. The van der Waals surface area contributed by atoms with E-state index >= 15 is 0 Å². The van der Waals surface area contributed by atoms with Crippen molar-refractivity contribution in [2.75, 3.05) is 25.2 Å². The summed E-state index contributed by atoms with van der Waals surface area (Å²) in [4.78, 5) is 14.5. The molecule has 0 spiro atoms. The molecular formula is C29H29NO3. The normalized spacial score (nSPS) is 15.6. The molecule has 0 amide bonds. The molecule has 1 heterocycles. The van der Waals surface area contributed by atoms with Gasteiger partial charge in [-0.15, -0.1) is 0 Å². The summed E-state index contributed by atoms with van der Waals surface area (Å²) in [6.45, 7) is 2.03. The second kappa shape index (κ2) is 9.53. The summed E-state index contributed by atoms with van der Waals surface area (Å²) in [7, 11) is 1.68. The molecule has 4 nitrogen and oxygen atoms in total. The number of nitrogens with zero attached hydrogens (tertiary/aromatic N) is 1. The molecule has 1 aliphatic heterocycles. The number of methoxy groups -OCH3 is 1. The van der Waals surface area contributed by atoms with E-state index in [4.69, 9.17) is 9.47 Å². The molecule has 0 aromatic heterocycles. The van der Waals surface area contributed by atoms with Crippen molar-refractivity contribution in [3.63, 3.8) is 0 Å². The van der Waals surface area contributed by atoms with Crippen LogP contribution >= 0.6 is 0 Å². The molecule has 0 atom stereocenters. The first-order valence-corrected chi connectivity index (χ1v) is 11.6. The number of rotatable bonds is 8. The van der Waals surface area contributed by atoms with E-state index in [1.165, 1.54) is 19.3 Å². The van der Waals surface area contributed by atoms with Crippen LogP contribution in [0.1, 0.15) is 36.0 Å². The van der Waals surface area contributed by atoms with Crippen molar-refractivity contribution < 1.29 is 14.3 Å². The van der Waals surface area contributed by atoms with Gasteiger partial charge in [-0.05, 0) is 65.8 Å². The third kappa shape index (κ3) is 4.51. The Morgan fingerprint density at radius 1 is 0.970 bits per heavy atom. The predicted molar refractivity (Wildman–Crippen MR) is 132 cm³/mol. The summed E-state index contributed by atoms with van der Waals surface area (Å²) in [6, 6.07) is 24.6. The van der Waals surface area contributed by atoms with Crippen LogP contribution in [-0.4, -0.2) is 26.5 Å². The fourth-order valence-corrected chi connectivity index (χ4v) is 4.69. The Morgan fingerprint density at radius 3 is 2.58 bits per heavy atom. The Hall–Kier alpha value is -3.53. The van der Waals surface area contributed by atoms with E-state index < -0.39 is 0 Å². The Morgan fingerprint density at radius 2 is 1.79 bits per heavy atom. The molecule has 0 saturated heterocycles. The third-order valence-electron chi connectivity index (χ3n) is 6.68. The summed E-state index contributed by atoms with van der Waals surface area (Å²) in [6.07, 6.45) is 4.84. The molecule has 3 aromatic carbocycles. The predicted octanol–water partition coefficient (Wildman–Crippen LogP) is 5.90. The average molecular weight is 440 g/mol. The zero-order chi connectivity index (χ0) is 22.6. The monoisotopic (exact) mass is 439 g/mol. The van der Waals surface area contributed by atoms with Crippen molar-refractivity contribution in [2.24, 2.45) is 5.92 Å². The maximum atomic E-state index is 12.3. The van der Waals surface area contributed by atoms with E-state index in [-0.39, 0.29) is 0 Å². The van der Waals surface area contributed by atoms with Crippen molar-refractivity contribution in [3.8, 4) is 11.5 Å². The largest absolute Gasteiger partial charge is 0.497 e. The fourth-order valence-electron chi connectivity index (χ4n) is 4.69. The van der Waals surface area contributed by atoms with E-state index in [1.54, 1.807) is 7.11 Å². The van der Waals surface area contributed by atoms with Crippen LogP contribution in [0.15, 0.2) is 78.4 Å². The van der Waals surface area contributed by atoms with Gasteiger partial charge in [0.2, 0.25) is 0 Å². The van der Waals surface area contributed by atoms with Gasteiger partial charge in [-0.1, -0.05) is 48.9 Å². The number of anilines is 1. The van der Waals surface area contributed by atoms with E-state index in [9.17, 15) is 4.79 Å². The number of carbonyl (C=O) groups is 1. The number of hydrogen-bond acceptors (Lipinski definition) is 4. The van der Waals surface area contributed by atoms with Crippen LogP contribution in [0.25, 0.3) is 5.57 Å². The lowest BCUT2D eigenvalue weighted by Gasteiger charge is -2.33. The van der Waals surface area contributed by atoms with Crippen molar-refractivity contribution in [3.05, 3.63) is 95.1 Å². The van der Waals surface area contributed by atoms with Gasteiger partial charge in [0.05, 0.1) is 13.7 Å². The van der Waals surface area contributed by atoms with Gasteiger partial charge in [0.25, 0.3) is 0 Å². The molecule has 1 fully saturated rings. The standard InChI is InChI=1S/C29H29NO3/c1-32-25-11-5-9-22(15-25)17-30-18-24(19-31)29(27-13-2-3-14-28(27)30)23-10-6-12-26(16-23)33-20-21-7-4-8-21/h2-3,5-6,9-16,19,21H,4,7-8,17-18,20H2,1H3. The average Bonchev–Trinajstić information content (AvgIpc) is 2.83. The lowest BCUT2D eigenvalue weighted by molar-refractivity contribution is -0.104. The molecule has 0 bridgehead atoms. The van der Waals surface area contributed by atoms with Gasteiger partial charge in [0, 0.05) is 29.9 Å². The lowest BCUT2D eigenvalue weighted by atomic mass is 9.86. The first-order valence-electron chi connectivity index (χ1n) is 11.6. The van der Waals surface area contributed by atoms with Gasteiger partial charge < -0.3 is 14.4 Å². The van der Waals surface area contributed by atoms with Crippen LogP contribution in [0.5, 0.6) is 11.5 Å². The smallest absolute Gasteiger partial charge is 0.148 e. The minimum atomic E-state index is 0.556. The molecule has 0 radical (unpaired) electrons. The van der Waals surface area contributed by atoms with E-state index in [0.29, 0.717) is 19.0 Å². The minimum Gasteiger partial charge on any atom is -0.497 e. The number of para-hydroxylation sites is 1. The first-order chi connectivity index (χ1) is 16.2. The first kappa shape index (κ1) is 21.3. The highest BCUT2D eigenvalue weighted by Gasteiger charge is 2.25. The number of carbonyl (C=O) groups excluding carboxylic acids is 1. The highest BCUT2D eigenvalue weighted by Crippen LogP contribution is 2.40. The SMILES string of the molecule is COc1cccc(CN2CC(C=O)=C(c3cccc(OCC4CCC4)c3)c3ccccc32)c1. The molecule has 168 valence electrons. The molecule has 2 aliphatic rings. The number of ether oxygens (including phenoxy) is 2. The molecule has 5 rings (SSSR count). The van der Waals surface area contributed by atoms with Crippen molar-refractivity contribution in [2.45, 2.75) is 25.8 Å². The van der Waals surface area contributed by atoms with Gasteiger partial charge in [-0.3, -0.25) is 4.79 Å². The van der Waals surface area contributed by atoms with Crippen LogP contribution in [0.4, 0.5) is 5.69 Å². The van der Waals surface area contributed by atoms with Gasteiger partial charge in [0.1, 0.15) is 17.8 Å². The van der Waals surface area contributed by atoms with Crippen LogP contribution in [-0.2, 0) is 11.3 Å². The van der Waals surface area contributed by atoms with E-state index in [0.717, 1.165) is 57.9 Å². The Bertz CT molecular complexity index is 1180.